The Hall–Kier alpha value is -3.11. The third-order valence-electron chi connectivity index (χ3n) is 4.85. The van der Waals surface area contributed by atoms with Gasteiger partial charge in [-0.3, -0.25) is 14.5 Å². The molecule has 3 heterocycles. The summed E-state index contributed by atoms with van der Waals surface area (Å²) in [4.78, 5) is 31.9. The highest BCUT2D eigenvalue weighted by Crippen LogP contribution is 2.18. The SMILES string of the molecule is Cn1cnc2c(C(=O)NCCN3CCOCC3)nn(-c3ccc(F)cc3)c2c1=O. The molecule has 0 saturated carbocycles. The number of ether oxygens (including phenoxy) is 1. The third kappa shape index (κ3) is 3.89. The fourth-order valence-electron chi connectivity index (χ4n) is 3.25. The van der Waals surface area contributed by atoms with E-state index in [-0.39, 0.29) is 22.3 Å². The number of nitrogens with zero attached hydrogens (tertiary/aromatic N) is 5. The number of halogens is 1. The Bertz CT molecular complexity index is 1090. The number of fused-ring (bicyclic) bond motifs is 1. The number of nitrogens with one attached hydrogen (secondary N) is 1. The Morgan fingerprint density at radius 1 is 1.24 bits per heavy atom. The summed E-state index contributed by atoms with van der Waals surface area (Å²) in [6, 6.07) is 5.53. The highest BCUT2D eigenvalue weighted by molar-refractivity contribution is 6.03. The van der Waals surface area contributed by atoms with Gasteiger partial charge in [-0.1, -0.05) is 0 Å². The maximum atomic E-state index is 13.3. The Morgan fingerprint density at radius 3 is 2.69 bits per heavy atom. The van der Waals surface area contributed by atoms with Crippen molar-refractivity contribution >= 4 is 16.9 Å². The van der Waals surface area contributed by atoms with Gasteiger partial charge in [0, 0.05) is 33.2 Å². The first-order valence-corrected chi connectivity index (χ1v) is 9.33. The van der Waals surface area contributed by atoms with Crippen LogP contribution in [0.5, 0.6) is 0 Å². The summed E-state index contributed by atoms with van der Waals surface area (Å²) in [5, 5.41) is 7.17. The Labute approximate surface area is 165 Å². The summed E-state index contributed by atoms with van der Waals surface area (Å²) in [6.45, 7) is 4.17. The Morgan fingerprint density at radius 2 is 1.97 bits per heavy atom. The number of carbonyl (C=O) groups excluding carboxylic acids is 1. The van der Waals surface area contributed by atoms with Crippen LogP contribution in [0.25, 0.3) is 16.7 Å². The lowest BCUT2D eigenvalue weighted by Gasteiger charge is -2.26. The summed E-state index contributed by atoms with van der Waals surface area (Å²) >= 11 is 0. The number of benzene rings is 1. The first kappa shape index (κ1) is 19.2. The van der Waals surface area contributed by atoms with Crippen molar-refractivity contribution in [1.29, 1.82) is 0 Å². The Kier molecular flexibility index (Phi) is 5.36. The minimum atomic E-state index is -0.412. The molecular weight excluding hydrogens is 379 g/mol. The van der Waals surface area contributed by atoms with Crippen molar-refractivity contribution in [1.82, 2.24) is 29.5 Å². The fraction of sp³-hybridized carbons (Fsp3) is 0.368. The van der Waals surface area contributed by atoms with E-state index in [0.717, 1.165) is 13.1 Å². The van der Waals surface area contributed by atoms with Gasteiger partial charge >= 0.3 is 0 Å². The summed E-state index contributed by atoms with van der Waals surface area (Å²) in [5.41, 5.74) is 0.554. The van der Waals surface area contributed by atoms with Gasteiger partial charge in [-0.25, -0.2) is 14.1 Å². The smallest absolute Gasteiger partial charge is 0.279 e. The van der Waals surface area contributed by atoms with Gasteiger partial charge in [0.1, 0.15) is 11.3 Å². The van der Waals surface area contributed by atoms with E-state index >= 15 is 0 Å². The van der Waals surface area contributed by atoms with Gasteiger partial charge in [-0.2, -0.15) is 5.10 Å². The number of amides is 1. The average Bonchev–Trinajstić information content (AvgIpc) is 3.12. The van der Waals surface area contributed by atoms with Gasteiger partial charge in [0.05, 0.1) is 25.2 Å². The molecule has 1 aliphatic rings. The van der Waals surface area contributed by atoms with E-state index in [0.29, 0.717) is 32.0 Å². The van der Waals surface area contributed by atoms with Gasteiger partial charge in [0.25, 0.3) is 11.5 Å². The highest BCUT2D eigenvalue weighted by Gasteiger charge is 2.22. The van der Waals surface area contributed by atoms with Gasteiger partial charge < -0.3 is 14.6 Å². The van der Waals surface area contributed by atoms with Crippen LogP contribution in [0.3, 0.4) is 0 Å². The standard InChI is InChI=1S/C19H21FN6O3/c1-24-12-22-15-16(18(27)21-6-7-25-8-10-29-11-9-25)23-26(17(15)19(24)28)14-4-2-13(20)3-5-14/h2-5,12H,6-11H2,1H3,(H,21,27). The number of aryl methyl sites for hydroxylation is 1. The van der Waals surface area contributed by atoms with E-state index in [1.54, 1.807) is 7.05 Å². The molecule has 29 heavy (non-hydrogen) atoms. The van der Waals surface area contributed by atoms with Crippen molar-refractivity contribution < 1.29 is 13.9 Å². The van der Waals surface area contributed by atoms with Gasteiger partial charge in [0.15, 0.2) is 11.2 Å². The number of hydrogen-bond acceptors (Lipinski definition) is 6. The molecule has 3 aromatic rings. The second-order valence-corrected chi connectivity index (χ2v) is 6.80. The number of hydrogen-bond donors (Lipinski definition) is 1. The zero-order chi connectivity index (χ0) is 20.4. The molecule has 0 aliphatic carbocycles. The zero-order valence-corrected chi connectivity index (χ0v) is 16.0. The van der Waals surface area contributed by atoms with Crippen LogP contribution >= 0.6 is 0 Å². The molecule has 0 atom stereocenters. The van der Waals surface area contributed by atoms with Crippen LogP contribution in [0, 0.1) is 5.82 Å². The second kappa shape index (κ2) is 8.10. The van der Waals surface area contributed by atoms with Crippen LogP contribution in [0.4, 0.5) is 4.39 Å². The quantitative estimate of drug-likeness (QED) is 0.663. The van der Waals surface area contributed by atoms with Crippen molar-refractivity contribution in [2.24, 2.45) is 7.05 Å². The van der Waals surface area contributed by atoms with Crippen molar-refractivity contribution in [2.45, 2.75) is 0 Å². The summed E-state index contributed by atoms with van der Waals surface area (Å²) in [5.74, 6) is -0.817. The third-order valence-corrected chi connectivity index (χ3v) is 4.85. The average molecular weight is 400 g/mol. The van der Waals surface area contributed by atoms with Crippen LogP contribution in [0.2, 0.25) is 0 Å². The lowest BCUT2D eigenvalue weighted by Crippen LogP contribution is -2.41. The molecular formula is C19H21FN6O3. The molecule has 9 nitrogen and oxygen atoms in total. The van der Waals surface area contributed by atoms with E-state index in [1.807, 2.05) is 0 Å². The van der Waals surface area contributed by atoms with Crippen LogP contribution < -0.4 is 10.9 Å². The second-order valence-electron chi connectivity index (χ2n) is 6.80. The monoisotopic (exact) mass is 400 g/mol. The molecule has 1 saturated heterocycles. The molecule has 0 unspecified atom stereocenters. The largest absolute Gasteiger partial charge is 0.379 e. The molecule has 2 aromatic heterocycles. The number of carbonyl (C=O) groups is 1. The molecule has 1 fully saturated rings. The van der Waals surface area contributed by atoms with Crippen molar-refractivity contribution in [2.75, 3.05) is 39.4 Å². The minimum absolute atomic E-state index is 0.0593. The molecule has 152 valence electrons. The predicted molar refractivity (Wildman–Crippen MR) is 104 cm³/mol. The summed E-state index contributed by atoms with van der Waals surface area (Å²) in [6.07, 6.45) is 1.35. The molecule has 0 bridgehead atoms. The Balaban J connectivity index is 1.63. The summed E-state index contributed by atoms with van der Waals surface area (Å²) in [7, 11) is 1.57. The maximum absolute atomic E-state index is 13.3. The molecule has 1 aliphatic heterocycles. The summed E-state index contributed by atoms with van der Waals surface area (Å²) < 4.78 is 21.3. The number of morpholine rings is 1. The van der Waals surface area contributed by atoms with Crippen molar-refractivity contribution in [3.63, 3.8) is 0 Å². The predicted octanol–water partition coefficient (Wildman–Crippen LogP) is 0.320. The maximum Gasteiger partial charge on any atom is 0.279 e. The lowest BCUT2D eigenvalue weighted by atomic mass is 10.3. The topological polar surface area (TPSA) is 94.3 Å². The molecule has 1 aromatic carbocycles. The fourth-order valence-corrected chi connectivity index (χ4v) is 3.25. The molecule has 10 heteroatoms. The van der Waals surface area contributed by atoms with E-state index in [2.05, 4.69) is 20.3 Å². The first-order valence-electron chi connectivity index (χ1n) is 9.33. The molecule has 0 spiro atoms. The van der Waals surface area contributed by atoms with Gasteiger partial charge in [-0.05, 0) is 24.3 Å². The van der Waals surface area contributed by atoms with Crippen LogP contribution in [-0.2, 0) is 11.8 Å². The van der Waals surface area contributed by atoms with Crippen molar-refractivity contribution in [3.8, 4) is 5.69 Å². The highest BCUT2D eigenvalue weighted by atomic mass is 19.1. The molecule has 1 amide bonds. The van der Waals surface area contributed by atoms with E-state index in [4.69, 9.17) is 4.74 Å². The lowest BCUT2D eigenvalue weighted by molar-refractivity contribution is 0.0383. The molecule has 0 radical (unpaired) electrons. The number of rotatable bonds is 5. The van der Waals surface area contributed by atoms with E-state index < -0.39 is 11.7 Å². The van der Waals surface area contributed by atoms with Gasteiger partial charge in [-0.15, -0.1) is 0 Å². The van der Waals surface area contributed by atoms with Crippen LogP contribution in [-0.4, -0.2) is 69.5 Å². The molecule has 4 rings (SSSR count). The minimum Gasteiger partial charge on any atom is -0.379 e. The first-order chi connectivity index (χ1) is 14.0. The van der Waals surface area contributed by atoms with Crippen LogP contribution in [0.1, 0.15) is 10.5 Å². The normalized spacial score (nSPS) is 15.0. The van der Waals surface area contributed by atoms with E-state index in [1.165, 1.54) is 39.8 Å². The van der Waals surface area contributed by atoms with Gasteiger partial charge in [0.2, 0.25) is 0 Å². The van der Waals surface area contributed by atoms with E-state index in [9.17, 15) is 14.0 Å². The van der Waals surface area contributed by atoms with Crippen molar-refractivity contribution in [3.05, 3.63) is 52.5 Å². The zero-order valence-electron chi connectivity index (χ0n) is 16.0. The molecule has 1 N–H and O–H groups in total. The van der Waals surface area contributed by atoms with Crippen LogP contribution in [0.15, 0.2) is 35.4 Å². The number of aromatic nitrogens is 4.